The van der Waals surface area contributed by atoms with Crippen molar-refractivity contribution in [2.24, 2.45) is 11.8 Å². The molecule has 0 amide bonds. The molecule has 116 valence electrons. The van der Waals surface area contributed by atoms with E-state index in [1.165, 1.54) is 6.92 Å². The van der Waals surface area contributed by atoms with Crippen LogP contribution in [0.5, 0.6) is 0 Å². The third-order valence-corrected chi connectivity index (χ3v) is 5.02. The van der Waals surface area contributed by atoms with Crippen LogP contribution in [-0.2, 0) is 14.3 Å². The van der Waals surface area contributed by atoms with Crippen LogP contribution >= 0.6 is 0 Å². The van der Waals surface area contributed by atoms with Crippen LogP contribution in [0.25, 0.3) is 0 Å². The first-order valence-corrected chi connectivity index (χ1v) is 7.48. The van der Waals surface area contributed by atoms with E-state index in [2.05, 4.69) is 6.58 Å². The average molecular weight is 292 g/mol. The van der Waals surface area contributed by atoms with Crippen molar-refractivity contribution in [2.45, 2.75) is 58.7 Å². The molecule has 0 saturated heterocycles. The second-order valence-electron chi connectivity index (χ2n) is 6.52. The summed E-state index contributed by atoms with van der Waals surface area (Å²) in [6, 6.07) is 0. The molecule has 4 atom stereocenters. The SMILES string of the molecule is C=C(C)C1CCC(C)C2(O)CC(=O)C(C)=C2C1OC(C)=O. The Labute approximate surface area is 125 Å². The van der Waals surface area contributed by atoms with Gasteiger partial charge in [0.05, 0.1) is 5.60 Å². The maximum absolute atomic E-state index is 12.1. The average Bonchev–Trinajstić information content (AvgIpc) is 2.52. The maximum atomic E-state index is 12.1. The molecule has 1 saturated carbocycles. The van der Waals surface area contributed by atoms with E-state index in [-0.39, 0.29) is 24.0 Å². The van der Waals surface area contributed by atoms with Crippen LogP contribution < -0.4 is 0 Å². The highest BCUT2D eigenvalue weighted by Gasteiger charge is 2.53. The number of carbonyl (C=O) groups is 2. The molecule has 1 fully saturated rings. The van der Waals surface area contributed by atoms with Gasteiger partial charge < -0.3 is 9.84 Å². The van der Waals surface area contributed by atoms with Crippen molar-refractivity contribution in [2.75, 3.05) is 0 Å². The molecule has 0 bridgehead atoms. The van der Waals surface area contributed by atoms with Crippen molar-refractivity contribution in [3.05, 3.63) is 23.3 Å². The van der Waals surface area contributed by atoms with Crippen molar-refractivity contribution in [1.82, 2.24) is 0 Å². The fraction of sp³-hybridized carbons (Fsp3) is 0.647. The maximum Gasteiger partial charge on any atom is 0.303 e. The molecule has 0 aliphatic heterocycles. The quantitative estimate of drug-likeness (QED) is 0.627. The fourth-order valence-electron chi connectivity index (χ4n) is 3.69. The van der Waals surface area contributed by atoms with Gasteiger partial charge in [0.1, 0.15) is 6.10 Å². The number of Topliss-reactive ketones (excluding diaryl/α,β-unsaturated/α-hetero) is 1. The summed E-state index contributed by atoms with van der Waals surface area (Å²) in [4.78, 5) is 23.6. The first-order chi connectivity index (χ1) is 9.68. The molecule has 1 N–H and O–H groups in total. The number of ketones is 1. The molecule has 2 aliphatic carbocycles. The molecule has 0 aromatic carbocycles. The Bertz CT molecular complexity index is 531. The topological polar surface area (TPSA) is 63.6 Å². The van der Waals surface area contributed by atoms with Gasteiger partial charge in [-0.1, -0.05) is 19.1 Å². The lowest BCUT2D eigenvalue weighted by Gasteiger charge is -2.34. The number of esters is 1. The van der Waals surface area contributed by atoms with Gasteiger partial charge in [-0.05, 0) is 38.2 Å². The van der Waals surface area contributed by atoms with Gasteiger partial charge in [-0.3, -0.25) is 9.59 Å². The lowest BCUT2D eigenvalue weighted by atomic mass is 9.80. The molecule has 0 aromatic rings. The lowest BCUT2D eigenvalue weighted by molar-refractivity contribution is -0.147. The number of aliphatic hydroxyl groups is 1. The highest BCUT2D eigenvalue weighted by atomic mass is 16.5. The largest absolute Gasteiger partial charge is 0.457 e. The number of ether oxygens (including phenoxy) is 1. The second-order valence-corrected chi connectivity index (χ2v) is 6.52. The van der Waals surface area contributed by atoms with Crippen LogP contribution in [-0.4, -0.2) is 28.6 Å². The summed E-state index contributed by atoms with van der Waals surface area (Å²) in [5, 5.41) is 11.1. The van der Waals surface area contributed by atoms with Gasteiger partial charge in [0.15, 0.2) is 5.78 Å². The van der Waals surface area contributed by atoms with Gasteiger partial charge in [0.2, 0.25) is 0 Å². The monoisotopic (exact) mass is 292 g/mol. The summed E-state index contributed by atoms with van der Waals surface area (Å²) < 4.78 is 5.52. The molecule has 0 aromatic heterocycles. The van der Waals surface area contributed by atoms with Crippen LogP contribution in [0.15, 0.2) is 23.3 Å². The molecule has 0 radical (unpaired) electrons. The molecule has 2 rings (SSSR count). The van der Waals surface area contributed by atoms with Crippen LogP contribution in [0.1, 0.15) is 47.0 Å². The zero-order chi connectivity index (χ0) is 15.9. The third kappa shape index (κ3) is 2.57. The number of hydrogen-bond acceptors (Lipinski definition) is 4. The van der Waals surface area contributed by atoms with Crippen LogP contribution in [0, 0.1) is 11.8 Å². The minimum Gasteiger partial charge on any atom is -0.457 e. The van der Waals surface area contributed by atoms with Crippen molar-refractivity contribution in [1.29, 1.82) is 0 Å². The Kier molecular flexibility index (Phi) is 4.11. The van der Waals surface area contributed by atoms with Crippen molar-refractivity contribution < 1.29 is 19.4 Å². The highest BCUT2D eigenvalue weighted by molar-refractivity contribution is 6.00. The van der Waals surface area contributed by atoms with Crippen molar-refractivity contribution in [3.63, 3.8) is 0 Å². The molecule has 0 heterocycles. The van der Waals surface area contributed by atoms with Gasteiger partial charge in [-0.15, -0.1) is 0 Å². The van der Waals surface area contributed by atoms with Gasteiger partial charge in [0.25, 0.3) is 0 Å². The Hall–Kier alpha value is -1.42. The van der Waals surface area contributed by atoms with E-state index in [0.29, 0.717) is 11.1 Å². The number of hydrogen-bond donors (Lipinski definition) is 1. The van der Waals surface area contributed by atoms with Gasteiger partial charge in [-0.25, -0.2) is 0 Å². The number of allylic oxidation sites excluding steroid dienone is 1. The van der Waals surface area contributed by atoms with E-state index in [4.69, 9.17) is 4.74 Å². The summed E-state index contributed by atoms with van der Waals surface area (Å²) in [7, 11) is 0. The smallest absolute Gasteiger partial charge is 0.303 e. The van der Waals surface area contributed by atoms with E-state index in [1.807, 2.05) is 13.8 Å². The molecule has 0 spiro atoms. The highest BCUT2D eigenvalue weighted by Crippen LogP contribution is 2.49. The standard InChI is InChI=1S/C17H24O4/c1-9(2)13-7-6-10(3)17(20)8-14(19)11(4)15(17)16(13)21-12(5)18/h10,13,16,20H,1,6-8H2,2-5H3. The molecular formula is C17H24O4. The molecule has 4 unspecified atom stereocenters. The number of rotatable bonds is 2. The van der Waals surface area contributed by atoms with Gasteiger partial charge >= 0.3 is 5.97 Å². The number of fused-ring (bicyclic) bond motifs is 1. The van der Waals surface area contributed by atoms with Crippen molar-refractivity contribution >= 4 is 11.8 Å². The molecule has 4 heteroatoms. The third-order valence-electron chi connectivity index (χ3n) is 5.02. The summed E-state index contributed by atoms with van der Waals surface area (Å²) in [6.07, 6.45) is 1.08. The van der Waals surface area contributed by atoms with E-state index < -0.39 is 17.7 Å². The minimum absolute atomic E-state index is 0.0451. The first-order valence-electron chi connectivity index (χ1n) is 7.48. The second kappa shape index (κ2) is 5.41. The summed E-state index contributed by atoms with van der Waals surface area (Å²) >= 11 is 0. The van der Waals surface area contributed by atoms with Crippen molar-refractivity contribution in [3.8, 4) is 0 Å². The first kappa shape index (κ1) is 16.0. The predicted molar refractivity (Wildman–Crippen MR) is 79.5 cm³/mol. The minimum atomic E-state index is -1.19. The molecule has 2 aliphatic rings. The molecule has 4 nitrogen and oxygen atoms in total. The Morgan fingerprint density at radius 3 is 2.52 bits per heavy atom. The zero-order valence-corrected chi connectivity index (χ0v) is 13.2. The lowest BCUT2D eigenvalue weighted by Crippen LogP contribution is -2.41. The number of carbonyl (C=O) groups excluding carboxylic acids is 2. The van der Waals surface area contributed by atoms with Crippen LogP contribution in [0.2, 0.25) is 0 Å². The zero-order valence-electron chi connectivity index (χ0n) is 13.2. The predicted octanol–water partition coefficient (Wildman–Crippen LogP) is 2.56. The van der Waals surface area contributed by atoms with Crippen LogP contribution in [0.3, 0.4) is 0 Å². The van der Waals surface area contributed by atoms with Gasteiger partial charge in [0, 0.05) is 24.8 Å². The Morgan fingerprint density at radius 1 is 1.38 bits per heavy atom. The van der Waals surface area contributed by atoms with Crippen LogP contribution in [0.4, 0.5) is 0 Å². The Morgan fingerprint density at radius 2 is 2.00 bits per heavy atom. The Balaban J connectivity index is 2.59. The van der Waals surface area contributed by atoms with E-state index in [9.17, 15) is 14.7 Å². The normalized spacial score (nSPS) is 36.2. The fourth-order valence-corrected chi connectivity index (χ4v) is 3.69. The van der Waals surface area contributed by atoms with E-state index >= 15 is 0 Å². The van der Waals surface area contributed by atoms with E-state index in [1.54, 1.807) is 6.92 Å². The van der Waals surface area contributed by atoms with E-state index in [0.717, 1.165) is 18.4 Å². The summed E-state index contributed by atoms with van der Waals surface area (Å²) in [6.45, 7) is 10.9. The van der Waals surface area contributed by atoms with Gasteiger partial charge in [-0.2, -0.15) is 0 Å². The molecule has 21 heavy (non-hydrogen) atoms. The summed E-state index contributed by atoms with van der Waals surface area (Å²) in [5.41, 5.74) is 0.868. The molecular weight excluding hydrogens is 268 g/mol. The summed E-state index contributed by atoms with van der Waals surface area (Å²) in [5.74, 6) is -0.556.